The molecule has 0 rings (SSSR count). The Morgan fingerprint density at radius 2 is 1.35 bits per heavy atom. The summed E-state index contributed by atoms with van der Waals surface area (Å²) in [5, 5.41) is 15.1. The standard InChI is InChI=1S/C7H12O2.C6H10O2.CH4O.ClH/c1-3-4-5-6-7(8)9-2;1-2-3-4-5-6(7)8;1-2;/h4-5H,3,6H2,1-2H3;3-4H,2,5H2,1H3,(H,7,8);2H,1H3;1H/b5-4+;4-3+;;. The molecule has 0 saturated heterocycles. The molecule has 20 heavy (non-hydrogen) atoms. The average molecular weight is 311 g/mol. The normalized spacial score (nSPS) is 8.85. The summed E-state index contributed by atoms with van der Waals surface area (Å²) >= 11 is 0. The predicted octanol–water partition coefficient (Wildman–Crippen LogP) is 2.97. The minimum absolute atomic E-state index is 0. The molecule has 0 aromatic heterocycles. The van der Waals surface area contributed by atoms with Gasteiger partial charge in [-0.1, -0.05) is 38.2 Å². The predicted molar refractivity (Wildman–Crippen MR) is 83.1 cm³/mol. The van der Waals surface area contributed by atoms with Gasteiger partial charge in [-0.25, -0.2) is 0 Å². The minimum atomic E-state index is -0.769. The van der Waals surface area contributed by atoms with Gasteiger partial charge in [0, 0.05) is 7.11 Å². The van der Waals surface area contributed by atoms with E-state index in [2.05, 4.69) is 4.74 Å². The van der Waals surface area contributed by atoms with Crippen molar-refractivity contribution in [3.8, 4) is 0 Å². The second kappa shape index (κ2) is 26.3. The lowest BCUT2D eigenvalue weighted by molar-refractivity contribution is -0.139. The molecule has 0 saturated carbocycles. The third kappa shape index (κ3) is 36.0. The van der Waals surface area contributed by atoms with E-state index in [0.29, 0.717) is 6.42 Å². The van der Waals surface area contributed by atoms with Crippen LogP contribution >= 0.6 is 12.4 Å². The van der Waals surface area contributed by atoms with Gasteiger partial charge in [-0.2, -0.15) is 0 Å². The van der Waals surface area contributed by atoms with Gasteiger partial charge in [-0.3, -0.25) is 9.59 Å². The molecule has 0 aromatic rings. The summed E-state index contributed by atoms with van der Waals surface area (Å²) in [6.45, 7) is 3.99. The van der Waals surface area contributed by atoms with Crippen LogP contribution in [0.15, 0.2) is 24.3 Å². The molecule has 0 aliphatic heterocycles. The van der Waals surface area contributed by atoms with E-state index in [-0.39, 0.29) is 24.8 Å². The number of carboxylic acids is 1. The number of halogens is 1. The van der Waals surface area contributed by atoms with Crippen molar-refractivity contribution < 1.29 is 24.5 Å². The number of carboxylic acid groups (broad SMARTS) is 1. The minimum Gasteiger partial charge on any atom is -0.481 e. The number of allylic oxidation sites excluding steroid dienone is 2. The van der Waals surface area contributed by atoms with Gasteiger partial charge in [0.05, 0.1) is 20.0 Å². The number of aliphatic carboxylic acids is 1. The van der Waals surface area contributed by atoms with Gasteiger partial charge < -0.3 is 14.9 Å². The molecule has 5 nitrogen and oxygen atoms in total. The van der Waals surface area contributed by atoms with Crippen molar-refractivity contribution >= 4 is 24.3 Å². The fraction of sp³-hybridized carbons (Fsp3) is 0.571. The fourth-order valence-electron chi connectivity index (χ4n) is 0.780. The molecular weight excluding hydrogens is 284 g/mol. The van der Waals surface area contributed by atoms with Crippen molar-refractivity contribution in [2.45, 2.75) is 39.5 Å². The quantitative estimate of drug-likeness (QED) is 0.582. The van der Waals surface area contributed by atoms with Gasteiger partial charge in [0.1, 0.15) is 0 Å². The molecule has 0 bridgehead atoms. The maximum Gasteiger partial charge on any atom is 0.309 e. The highest BCUT2D eigenvalue weighted by Crippen LogP contribution is 1.87. The lowest BCUT2D eigenvalue weighted by Gasteiger charge is -1.90. The van der Waals surface area contributed by atoms with Gasteiger partial charge in [0.25, 0.3) is 0 Å². The summed E-state index contributed by atoms with van der Waals surface area (Å²) < 4.78 is 4.41. The zero-order valence-corrected chi connectivity index (χ0v) is 13.5. The van der Waals surface area contributed by atoms with E-state index < -0.39 is 5.97 Å². The molecular formula is C14H27ClO5. The molecule has 2 N–H and O–H groups in total. The molecule has 0 heterocycles. The van der Waals surface area contributed by atoms with Gasteiger partial charge in [-0.15, -0.1) is 12.4 Å². The molecule has 0 amide bonds. The summed E-state index contributed by atoms with van der Waals surface area (Å²) in [6.07, 6.45) is 9.67. The van der Waals surface area contributed by atoms with Crippen molar-refractivity contribution in [3.63, 3.8) is 0 Å². The van der Waals surface area contributed by atoms with Gasteiger partial charge in [0.2, 0.25) is 0 Å². The van der Waals surface area contributed by atoms with Crippen LogP contribution in [0.1, 0.15) is 39.5 Å². The first kappa shape index (κ1) is 27.1. The van der Waals surface area contributed by atoms with Crippen molar-refractivity contribution in [2.75, 3.05) is 14.2 Å². The zero-order chi connectivity index (χ0) is 15.5. The number of rotatable bonds is 6. The van der Waals surface area contributed by atoms with Crippen LogP contribution in [0.3, 0.4) is 0 Å². The summed E-state index contributed by atoms with van der Waals surface area (Å²) in [6, 6.07) is 0. The molecule has 0 atom stereocenters. The monoisotopic (exact) mass is 310 g/mol. The number of carbonyl (C=O) groups is 2. The first-order valence-corrected chi connectivity index (χ1v) is 6.11. The lowest BCUT2D eigenvalue weighted by atomic mass is 10.3. The van der Waals surface area contributed by atoms with Crippen LogP contribution in [-0.4, -0.2) is 36.4 Å². The molecule has 0 unspecified atom stereocenters. The highest BCUT2D eigenvalue weighted by Gasteiger charge is 1.91. The smallest absolute Gasteiger partial charge is 0.309 e. The molecule has 0 aliphatic rings. The van der Waals surface area contributed by atoms with E-state index in [1.807, 2.05) is 32.1 Å². The Bertz CT molecular complexity index is 262. The van der Waals surface area contributed by atoms with E-state index in [1.54, 1.807) is 6.08 Å². The van der Waals surface area contributed by atoms with E-state index in [0.717, 1.165) is 20.0 Å². The van der Waals surface area contributed by atoms with Crippen LogP contribution in [0.5, 0.6) is 0 Å². The van der Waals surface area contributed by atoms with Crippen LogP contribution in [0.4, 0.5) is 0 Å². The Balaban J connectivity index is -0.000000109. The number of ether oxygens (including phenoxy) is 1. The van der Waals surface area contributed by atoms with E-state index in [9.17, 15) is 9.59 Å². The Labute approximate surface area is 127 Å². The summed E-state index contributed by atoms with van der Waals surface area (Å²) in [5.74, 6) is -0.950. The highest BCUT2D eigenvalue weighted by molar-refractivity contribution is 5.85. The Kier molecular flexibility index (Phi) is 35.6. The maximum absolute atomic E-state index is 10.4. The van der Waals surface area contributed by atoms with Gasteiger partial charge in [-0.05, 0) is 12.8 Å². The van der Waals surface area contributed by atoms with Crippen molar-refractivity contribution in [2.24, 2.45) is 0 Å². The van der Waals surface area contributed by atoms with Crippen molar-refractivity contribution in [3.05, 3.63) is 24.3 Å². The van der Waals surface area contributed by atoms with Gasteiger partial charge in [0.15, 0.2) is 0 Å². The molecule has 6 heteroatoms. The van der Waals surface area contributed by atoms with Crippen LogP contribution in [-0.2, 0) is 14.3 Å². The van der Waals surface area contributed by atoms with Crippen LogP contribution in [0, 0.1) is 0 Å². The van der Waals surface area contributed by atoms with E-state index in [1.165, 1.54) is 7.11 Å². The second-order valence-electron chi connectivity index (χ2n) is 3.14. The largest absolute Gasteiger partial charge is 0.481 e. The molecule has 0 fully saturated rings. The Hall–Kier alpha value is -1.33. The maximum atomic E-state index is 10.4. The van der Waals surface area contributed by atoms with Gasteiger partial charge >= 0.3 is 11.9 Å². The highest BCUT2D eigenvalue weighted by atomic mass is 35.5. The number of hydrogen-bond donors (Lipinski definition) is 2. The topological polar surface area (TPSA) is 83.8 Å². The average Bonchev–Trinajstić information content (AvgIpc) is 2.42. The molecule has 0 spiro atoms. The summed E-state index contributed by atoms with van der Waals surface area (Å²) in [5.41, 5.74) is 0. The van der Waals surface area contributed by atoms with Crippen LogP contribution in [0.2, 0.25) is 0 Å². The zero-order valence-electron chi connectivity index (χ0n) is 12.7. The van der Waals surface area contributed by atoms with Crippen LogP contribution in [0.25, 0.3) is 0 Å². The molecule has 0 radical (unpaired) electrons. The summed E-state index contributed by atoms with van der Waals surface area (Å²) in [7, 11) is 2.39. The molecule has 0 aliphatic carbocycles. The van der Waals surface area contributed by atoms with E-state index in [4.69, 9.17) is 10.2 Å². The molecule has 0 aromatic carbocycles. The number of aliphatic hydroxyl groups excluding tert-OH is 1. The number of hydrogen-bond acceptors (Lipinski definition) is 4. The number of methoxy groups -OCH3 is 1. The second-order valence-corrected chi connectivity index (χ2v) is 3.14. The van der Waals surface area contributed by atoms with E-state index >= 15 is 0 Å². The lowest BCUT2D eigenvalue weighted by Crippen LogP contribution is -1.96. The SMILES string of the molecule is CC/C=C/CC(=O)O.CC/C=C/CC(=O)OC.CO.Cl. The van der Waals surface area contributed by atoms with Crippen molar-refractivity contribution in [1.82, 2.24) is 0 Å². The Morgan fingerprint density at radius 3 is 1.65 bits per heavy atom. The van der Waals surface area contributed by atoms with Crippen LogP contribution < -0.4 is 0 Å². The third-order valence-electron chi connectivity index (χ3n) is 1.61. The Morgan fingerprint density at radius 1 is 0.950 bits per heavy atom. The fourth-order valence-corrected chi connectivity index (χ4v) is 0.780. The van der Waals surface area contributed by atoms with Crippen molar-refractivity contribution in [1.29, 1.82) is 0 Å². The number of carbonyl (C=O) groups excluding carboxylic acids is 1. The number of aliphatic hydroxyl groups is 1. The molecule has 120 valence electrons. The summed E-state index contributed by atoms with van der Waals surface area (Å²) in [4.78, 5) is 20.2. The third-order valence-corrected chi connectivity index (χ3v) is 1.61. The number of esters is 1. The first-order valence-electron chi connectivity index (χ1n) is 6.11. The first-order chi connectivity index (χ1) is 9.08.